The molecule has 1 saturated heterocycles. The molecule has 2 fully saturated rings. The van der Waals surface area contributed by atoms with Crippen LogP contribution in [0.2, 0.25) is 0 Å². The summed E-state index contributed by atoms with van der Waals surface area (Å²) < 4.78 is 33.0. The Balaban J connectivity index is 1.64. The van der Waals surface area contributed by atoms with Gasteiger partial charge in [-0.3, -0.25) is 0 Å². The highest BCUT2D eigenvalue weighted by atomic mass is 32.2. The Bertz CT molecular complexity index is 573. The zero-order valence-corrected chi connectivity index (χ0v) is 13.5. The van der Waals surface area contributed by atoms with Crippen molar-refractivity contribution in [2.24, 2.45) is 0 Å². The molecule has 122 valence electrons. The van der Waals surface area contributed by atoms with Crippen molar-refractivity contribution in [1.82, 2.24) is 14.5 Å². The zero-order chi connectivity index (χ0) is 15.4. The number of aromatic nitrogens is 2. The molecule has 1 aliphatic heterocycles. The van der Waals surface area contributed by atoms with Crippen LogP contribution in [0, 0.1) is 0 Å². The maximum Gasteiger partial charge on any atom is 0.233 e. The minimum Gasteiger partial charge on any atom is -0.472 e. The van der Waals surface area contributed by atoms with Crippen molar-refractivity contribution >= 4 is 10.0 Å². The van der Waals surface area contributed by atoms with E-state index in [9.17, 15) is 8.42 Å². The van der Waals surface area contributed by atoms with Gasteiger partial charge in [-0.25, -0.2) is 8.42 Å². The molecule has 0 aromatic carbocycles. The van der Waals surface area contributed by atoms with Crippen LogP contribution < -0.4 is 4.74 Å². The maximum absolute atomic E-state index is 12.8. The summed E-state index contributed by atoms with van der Waals surface area (Å²) in [4.78, 5) is 0. The molecule has 2 heterocycles. The highest BCUT2D eigenvalue weighted by Crippen LogP contribution is 2.28. The van der Waals surface area contributed by atoms with Crippen molar-refractivity contribution < 1.29 is 13.2 Å². The Morgan fingerprint density at radius 1 is 1.14 bits per heavy atom. The van der Waals surface area contributed by atoms with Crippen LogP contribution in [0.4, 0.5) is 0 Å². The molecular weight excluding hydrogens is 302 g/mol. The Morgan fingerprint density at radius 3 is 2.68 bits per heavy atom. The van der Waals surface area contributed by atoms with Crippen molar-refractivity contribution in [3.05, 3.63) is 18.3 Å². The summed E-state index contributed by atoms with van der Waals surface area (Å²) in [5.74, 6) is 0.462. The number of ether oxygens (including phenoxy) is 1. The monoisotopic (exact) mass is 325 g/mol. The summed E-state index contributed by atoms with van der Waals surface area (Å²) in [6.45, 7) is 1.04. The van der Waals surface area contributed by atoms with E-state index in [4.69, 9.17) is 4.74 Å². The summed E-state index contributed by atoms with van der Waals surface area (Å²) in [7, 11) is -3.19. The van der Waals surface area contributed by atoms with Crippen LogP contribution in [-0.2, 0) is 10.0 Å². The molecule has 0 unspecified atom stereocenters. The normalized spacial score (nSPS) is 25.0. The molecule has 0 spiro atoms. The number of piperidine rings is 1. The van der Waals surface area contributed by atoms with Gasteiger partial charge < -0.3 is 4.74 Å². The first-order chi connectivity index (χ1) is 10.7. The van der Waals surface area contributed by atoms with Crippen molar-refractivity contribution in [1.29, 1.82) is 0 Å². The predicted molar refractivity (Wildman–Crippen MR) is 83.0 cm³/mol. The molecule has 0 amide bonds. The largest absolute Gasteiger partial charge is 0.472 e. The fourth-order valence-electron chi connectivity index (χ4n) is 3.33. The quantitative estimate of drug-likeness (QED) is 0.846. The third-order valence-corrected chi connectivity index (χ3v) is 6.87. The lowest BCUT2D eigenvalue weighted by molar-refractivity contribution is 0.122. The smallest absolute Gasteiger partial charge is 0.233 e. The topological polar surface area (TPSA) is 72.4 Å². The average molecular weight is 325 g/mol. The molecule has 7 heteroatoms. The van der Waals surface area contributed by atoms with Crippen molar-refractivity contribution in [3.63, 3.8) is 0 Å². The second kappa shape index (κ2) is 6.91. The molecule has 3 rings (SSSR count). The molecule has 1 saturated carbocycles. The van der Waals surface area contributed by atoms with Gasteiger partial charge in [-0.05, 0) is 31.7 Å². The minimum atomic E-state index is -3.19. The first-order valence-corrected chi connectivity index (χ1v) is 9.60. The molecule has 6 nitrogen and oxygen atoms in total. The summed E-state index contributed by atoms with van der Waals surface area (Å²) in [5.41, 5.74) is 0. The molecule has 1 aliphatic carbocycles. The summed E-state index contributed by atoms with van der Waals surface area (Å²) >= 11 is 0. The fourth-order valence-corrected chi connectivity index (χ4v) is 5.44. The van der Waals surface area contributed by atoms with E-state index in [-0.39, 0.29) is 11.4 Å². The van der Waals surface area contributed by atoms with Crippen molar-refractivity contribution in [2.75, 3.05) is 13.1 Å². The molecule has 0 bridgehead atoms. The number of sulfonamides is 1. The van der Waals surface area contributed by atoms with Gasteiger partial charge in [0.05, 0.1) is 11.8 Å². The van der Waals surface area contributed by atoms with Crippen LogP contribution in [0.15, 0.2) is 18.3 Å². The van der Waals surface area contributed by atoms with E-state index in [1.54, 1.807) is 22.6 Å². The first-order valence-electron chi connectivity index (χ1n) is 8.09. The third kappa shape index (κ3) is 3.57. The first kappa shape index (κ1) is 15.7. The fraction of sp³-hybridized carbons (Fsp3) is 0.733. The van der Waals surface area contributed by atoms with Gasteiger partial charge >= 0.3 is 0 Å². The van der Waals surface area contributed by atoms with Gasteiger partial charge in [0.1, 0.15) is 6.10 Å². The Kier molecular flexibility index (Phi) is 4.93. The van der Waals surface area contributed by atoms with E-state index in [0.717, 1.165) is 44.9 Å². The second-order valence-corrected chi connectivity index (χ2v) is 8.32. The lowest BCUT2D eigenvalue weighted by atomic mass is 10.0. The number of nitrogens with zero attached hydrogens (tertiary/aromatic N) is 3. The van der Waals surface area contributed by atoms with Crippen LogP contribution in [0.5, 0.6) is 5.88 Å². The molecule has 1 aromatic heterocycles. The lowest BCUT2D eigenvalue weighted by Crippen LogP contribution is -2.48. The number of hydrogen-bond donors (Lipinski definition) is 0. The van der Waals surface area contributed by atoms with Gasteiger partial charge in [0.15, 0.2) is 0 Å². The number of rotatable bonds is 4. The zero-order valence-electron chi connectivity index (χ0n) is 12.7. The Labute approximate surface area is 131 Å². The third-order valence-electron chi connectivity index (χ3n) is 4.51. The minimum absolute atomic E-state index is 0.135. The summed E-state index contributed by atoms with van der Waals surface area (Å²) in [6.07, 6.45) is 7.95. The summed E-state index contributed by atoms with van der Waals surface area (Å²) in [5, 5.41) is 7.50. The molecule has 1 aromatic rings. The molecule has 2 aliphatic rings. The van der Waals surface area contributed by atoms with E-state index in [2.05, 4.69) is 10.2 Å². The van der Waals surface area contributed by atoms with Crippen LogP contribution in [0.3, 0.4) is 0 Å². The van der Waals surface area contributed by atoms with E-state index < -0.39 is 10.0 Å². The average Bonchev–Trinajstić information content (AvgIpc) is 2.57. The molecule has 0 radical (unpaired) electrons. The van der Waals surface area contributed by atoms with Gasteiger partial charge in [0, 0.05) is 18.8 Å². The van der Waals surface area contributed by atoms with Crippen LogP contribution in [0.25, 0.3) is 0 Å². The van der Waals surface area contributed by atoms with Crippen LogP contribution in [-0.4, -0.2) is 47.4 Å². The predicted octanol–water partition coefficient (Wildman–Crippen LogP) is 1.98. The van der Waals surface area contributed by atoms with Gasteiger partial charge in [0.25, 0.3) is 0 Å². The standard InChI is InChI=1S/C15H23N3O3S/c19-22(20,14-7-2-1-3-8-14)18-11-5-6-13(12-18)21-15-9-4-10-16-17-15/h4,9-10,13-14H,1-3,5-8,11-12H2/t13-/m1/s1. The van der Waals surface area contributed by atoms with Gasteiger partial charge in [-0.1, -0.05) is 19.3 Å². The van der Waals surface area contributed by atoms with Crippen molar-refractivity contribution in [3.8, 4) is 5.88 Å². The molecule has 1 atom stereocenters. The van der Waals surface area contributed by atoms with E-state index >= 15 is 0 Å². The second-order valence-electron chi connectivity index (χ2n) is 6.11. The van der Waals surface area contributed by atoms with Gasteiger partial charge in [0.2, 0.25) is 15.9 Å². The highest BCUT2D eigenvalue weighted by Gasteiger charge is 2.36. The molecular formula is C15H23N3O3S. The number of hydrogen-bond acceptors (Lipinski definition) is 5. The van der Waals surface area contributed by atoms with Crippen molar-refractivity contribution in [2.45, 2.75) is 56.3 Å². The highest BCUT2D eigenvalue weighted by molar-refractivity contribution is 7.89. The SMILES string of the molecule is O=S(=O)(C1CCCCC1)N1CCC[C@@H](Oc2cccnn2)C1. The van der Waals surface area contributed by atoms with E-state index in [1.807, 2.05) is 0 Å². The maximum atomic E-state index is 12.8. The van der Waals surface area contributed by atoms with Gasteiger partial charge in [-0.2, -0.15) is 9.40 Å². The Hall–Kier alpha value is -1.21. The molecule has 22 heavy (non-hydrogen) atoms. The van der Waals surface area contributed by atoms with Gasteiger partial charge in [-0.15, -0.1) is 5.10 Å². The summed E-state index contributed by atoms with van der Waals surface area (Å²) in [6, 6.07) is 3.52. The van der Waals surface area contributed by atoms with E-state index in [0.29, 0.717) is 19.0 Å². The van der Waals surface area contributed by atoms with Crippen LogP contribution in [0.1, 0.15) is 44.9 Å². The van der Waals surface area contributed by atoms with Crippen LogP contribution >= 0.6 is 0 Å². The van der Waals surface area contributed by atoms with E-state index in [1.165, 1.54) is 0 Å². The lowest BCUT2D eigenvalue weighted by Gasteiger charge is -2.35. The Morgan fingerprint density at radius 2 is 1.95 bits per heavy atom. The molecule has 0 N–H and O–H groups in total.